The third-order valence-electron chi connectivity index (χ3n) is 6.61. The summed E-state index contributed by atoms with van der Waals surface area (Å²) in [5, 5.41) is 9.32. The van der Waals surface area contributed by atoms with Crippen LogP contribution < -0.4 is 14.4 Å². The maximum absolute atomic E-state index is 13.3. The van der Waals surface area contributed by atoms with Crippen LogP contribution in [0.25, 0.3) is 22.2 Å². The van der Waals surface area contributed by atoms with Gasteiger partial charge in [-0.05, 0) is 31.2 Å². The molecule has 0 unspecified atom stereocenters. The van der Waals surface area contributed by atoms with Crippen molar-refractivity contribution in [3.05, 3.63) is 58.5 Å². The minimum atomic E-state index is -0.409. The number of hydrogen-bond acceptors (Lipinski definition) is 7. The summed E-state index contributed by atoms with van der Waals surface area (Å²) in [4.78, 5) is 25.3. The predicted molar refractivity (Wildman–Crippen MR) is 143 cm³/mol. The number of amides is 2. The lowest BCUT2D eigenvalue weighted by atomic mass is 10.1. The third kappa shape index (κ3) is 4.59. The Balaban J connectivity index is 1.32. The van der Waals surface area contributed by atoms with Crippen molar-refractivity contribution in [2.45, 2.75) is 13.0 Å². The van der Waals surface area contributed by atoms with Crippen LogP contribution in [-0.4, -0.2) is 70.6 Å². The highest BCUT2D eigenvalue weighted by atomic mass is 35.5. The number of H-pyrrole nitrogens is 1. The van der Waals surface area contributed by atoms with Crippen molar-refractivity contribution < 1.29 is 19.0 Å². The number of halogens is 2. The first-order valence-electron chi connectivity index (χ1n) is 12.2. The lowest BCUT2D eigenvalue weighted by molar-refractivity contribution is 0.0545. The molecule has 5 heterocycles. The van der Waals surface area contributed by atoms with Crippen LogP contribution in [0.2, 0.25) is 10.0 Å². The monoisotopic (exact) mass is 554 g/mol. The Morgan fingerprint density at radius 1 is 1.08 bits per heavy atom. The van der Waals surface area contributed by atoms with Crippen molar-refractivity contribution >= 4 is 45.8 Å². The van der Waals surface area contributed by atoms with Gasteiger partial charge in [-0.25, -0.2) is 9.78 Å². The molecule has 1 fully saturated rings. The first kappa shape index (κ1) is 24.7. The molecule has 2 aliphatic rings. The molecular weight excluding hydrogens is 531 g/mol. The summed E-state index contributed by atoms with van der Waals surface area (Å²) in [7, 11) is 0. The van der Waals surface area contributed by atoms with E-state index in [1.165, 1.54) is 0 Å². The second-order valence-corrected chi connectivity index (χ2v) is 9.80. The molecule has 6 rings (SSSR count). The Kier molecular flexibility index (Phi) is 6.69. The van der Waals surface area contributed by atoms with Gasteiger partial charge in [-0.1, -0.05) is 23.2 Å². The lowest BCUT2D eigenvalue weighted by Crippen LogP contribution is -2.50. The molecule has 0 saturated carbocycles. The van der Waals surface area contributed by atoms with Crippen LogP contribution in [0.5, 0.6) is 11.6 Å². The van der Waals surface area contributed by atoms with Gasteiger partial charge in [0.25, 0.3) is 0 Å². The molecular formula is C26H24Cl2N6O4. The largest absolute Gasteiger partial charge is 0.486 e. The summed E-state index contributed by atoms with van der Waals surface area (Å²) in [5.74, 6) is 1.04. The zero-order valence-corrected chi connectivity index (χ0v) is 22.0. The average Bonchev–Trinajstić information content (AvgIpc) is 3.36. The number of carbonyl (C=O) groups excluding carboxylic acids is 1. The first-order valence-corrected chi connectivity index (χ1v) is 13.0. The number of hydrogen-bond donors (Lipinski definition) is 1. The summed E-state index contributed by atoms with van der Waals surface area (Å²) in [5.41, 5.74) is 3.53. The maximum Gasteiger partial charge on any atom is 0.324 e. The van der Waals surface area contributed by atoms with Crippen LogP contribution in [0.15, 0.2) is 42.9 Å². The van der Waals surface area contributed by atoms with E-state index in [2.05, 4.69) is 20.2 Å². The van der Waals surface area contributed by atoms with Gasteiger partial charge in [0.05, 0.1) is 35.3 Å². The number of pyridine rings is 2. The molecule has 0 spiro atoms. The smallest absolute Gasteiger partial charge is 0.324 e. The zero-order valence-electron chi connectivity index (χ0n) is 20.5. The number of nitrogens with zero attached hydrogens (tertiary/aromatic N) is 5. The molecule has 196 valence electrons. The van der Waals surface area contributed by atoms with E-state index in [1.807, 2.05) is 31.2 Å². The van der Waals surface area contributed by atoms with E-state index in [-0.39, 0.29) is 6.03 Å². The number of aromatic nitrogens is 4. The van der Waals surface area contributed by atoms with Gasteiger partial charge < -0.3 is 19.1 Å². The van der Waals surface area contributed by atoms with Crippen LogP contribution >= 0.6 is 23.2 Å². The summed E-state index contributed by atoms with van der Waals surface area (Å²) in [6.07, 6.45) is 4.37. The quantitative estimate of drug-likeness (QED) is 0.373. The topological polar surface area (TPSA) is 106 Å². The SMILES string of the molecule is C[C@@H](Oc1ccc2[nH]nc(-c3cnc4c(c3)N(C(=O)N3CCOCC3)CCO4)c2c1)c1c(Cl)cncc1Cl. The van der Waals surface area contributed by atoms with Crippen LogP contribution in [0.1, 0.15) is 18.6 Å². The zero-order chi connectivity index (χ0) is 26.2. The van der Waals surface area contributed by atoms with Gasteiger partial charge in [-0.2, -0.15) is 5.10 Å². The van der Waals surface area contributed by atoms with Gasteiger partial charge in [0.2, 0.25) is 5.88 Å². The number of fused-ring (bicyclic) bond motifs is 2. The first-order chi connectivity index (χ1) is 18.5. The Bertz CT molecular complexity index is 1490. The van der Waals surface area contributed by atoms with Crippen molar-refractivity contribution in [2.75, 3.05) is 44.4 Å². The van der Waals surface area contributed by atoms with Crippen molar-refractivity contribution in [3.8, 4) is 22.9 Å². The number of carbonyl (C=O) groups is 1. The van der Waals surface area contributed by atoms with Crippen molar-refractivity contribution in [1.29, 1.82) is 0 Å². The van der Waals surface area contributed by atoms with Crippen LogP contribution in [0, 0.1) is 0 Å². The number of benzene rings is 1. The van der Waals surface area contributed by atoms with Crippen LogP contribution in [0.3, 0.4) is 0 Å². The molecule has 4 aromatic rings. The highest BCUT2D eigenvalue weighted by Crippen LogP contribution is 2.38. The Hall–Kier alpha value is -3.60. The predicted octanol–water partition coefficient (Wildman–Crippen LogP) is 5.12. The second kappa shape index (κ2) is 10.3. The van der Waals surface area contributed by atoms with Gasteiger partial charge in [0.1, 0.15) is 29.8 Å². The number of anilines is 1. The summed E-state index contributed by atoms with van der Waals surface area (Å²) >= 11 is 12.6. The third-order valence-corrected chi connectivity index (χ3v) is 7.21. The Morgan fingerprint density at radius 3 is 2.66 bits per heavy atom. The molecule has 1 saturated heterocycles. The molecule has 0 aliphatic carbocycles. The molecule has 10 nitrogen and oxygen atoms in total. The molecule has 3 aromatic heterocycles. The van der Waals surface area contributed by atoms with E-state index in [1.54, 1.807) is 28.4 Å². The van der Waals surface area contributed by atoms with E-state index in [0.29, 0.717) is 78.1 Å². The number of rotatable bonds is 4. The minimum absolute atomic E-state index is 0.0817. The Labute approximate surface area is 228 Å². The molecule has 1 aromatic carbocycles. The molecule has 0 bridgehead atoms. The Morgan fingerprint density at radius 2 is 1.87 bits per heavy atom. The fourth-order valence-corrected chi connectivity index (χ4v) is 5.38. The number of morpholine rings is 1. The highest BCUT2D eigenvalue weighted by molar-refractivity contribution is 6.35. The van der Waals surface area contributed by atoms with Gasteiger partial charge in [0, 0.05) is 48.2 Å². The normalized spacial score (nSPS) is 16.2. The van der Waals surface area contributed by atoms with Gasteiger partial charge in [0.15, 0.2) is 0 Å². The molecule has 1 N–H and O–H groups in total. The van der Waals surface area contributed by atoms with Gasteiger partial charge in [-0.3, -0.25) is 15.0 Å². The summed E-state index contributed by atoms with van der Waals surface area (Å²) in [6, 6.07) is 7.46. The van der Waals surface area contributed by atoms with Gasteiger partial charge >= 0.3 is 6.03 Å². The van der Waals surface area contributed by atoms with Crippen LogP contribution in [0.4, 0.5) is 10.5 Å². The molecule has 2 amide bonds. The van der Waals surface area contributed by atoms with E-state index in [0.717, 1.165) is 16.5 Å². The lowest BCUT2D eigenvalue weighted by Gasteiger charge is -2.35. The fourth-order valence-electron chi connectivity index (χ4n) is 4.71. The molecule has 2 aliphatic heterocycles. The fraction of sp³-hybridized carbons (Fsp3) is 0.308. The van der Waals surface area contributed by atoms with Crippen molar-refractivity contribution in [1.82, 2.24) is 25.1 Å². The highest BCUT2D eigenvalue weighted by Gasteiger charge is 2.30. The maximum atomic E-state index is 13.3. The molecule has 0 radical (unpaired) electrons. The number of urea groups is 1. The summed E-state index contributed by atoms with van der Waals surface area (Å²) < 4.78 is 17.3. The van der Waals surface area contributed by atoms with Gasteiger partial charge in [-0.15, -0.1) is 0 Å². The minimum Gasteiger partial charge on any atom is -0.486 e. The van der Waals surface area contributed by atoms with Crippen LogP contribution in [-0.2, 0) is 4.74 Å². The van der Waals surface area contributed by atoms with Crippen molar-refractivity contribution in [2.24, 2.45) is 0 Å². The molecule has 12 heteroatoms. The average molecular weight is 555 g/mol. The number of aromatic amines is 1. The summed E-state index contributed by atoms with van der Waals surface area (Å²) in [6.45, 7) is 4.86. The number of nitrogens with one attached hydrogen (secondary N) is 1. The van der Waals surface area contributed by atoms with E-state index in [4.69, 9.17) is 37.4 Å². The molecule has 38 heavy (non-hydrogen) atoms. The second-order valence-electron chi connectivity index (χ2n) is 8.99. The molecule has 1 atom stereocenters. The van der Waals surface area contributed by atoms with E-state index >= 15 is 0 Å². The number of ether oxygens (including phenoxy) is 3. The van der Waals surface area contributed by atoms with E-state index < -0.39 is 6.10 Å². The van der Waals surface area contributed by atoms with E-state index in [9.17, 15) is 4.79 Å². The standard InChI is InChI=1S/C26H24Cl2N6O4/c1-15(23-19(27)13-29-14-20(23)28)38-17-2-3-21-18(11-17)24(32-31-21)16-10-22-25(30-12-16)37-9-6-34(22)26(35)33-4-7-36-8-5-33/h2-3,10-15H,4-9H2,1H3,(H,31,32)/t15-/m1/s1. The van der Waals surface area contributed by atoms with Crippen molar-refractivity contribution in [3.63, 3.8) is 0 Å².